The van der Waals surface area contributed by atoms with Gasteiger partial charge in [-0.2, -0.15) is 4.98 Å². The second kappa shape index (κ2) is 10.3. The summed E-state index contributed by atoms with van der Waals surface area (Å²) in [5.74, 6) is 1.26. The Balaban J connectivity index is 1.26. The SMILES string of the molecule is CCOc1ccccc1-c1noc(CN2CCN(CC(=O)Nc3cccc(F)c3)CC2)n1. The van der Waals surface area contributed by atoms with Gasteiger partial charge in [0.25, 0.3) is 0 Å². The molecule has 9 heteroatoms. The smallest absolute Gasteiger partial charge is 0.241 e. The molecule has 3 aromatic rings. The van der Waals surface area contributed by atoms with Gasteiger partial charge in [-0.3, -0.25) is 14.6 Å². The fraction of sp³-hybridized carbons (Fsp3) is 0.348. The molecule has 1 aliphatic heterocycles. The molecule has 1 aromatic heterocycles. The van der Waals surface area contributed by atoms with E-state index in [4.69, 9.17) is 9.26 Å². The first-order chi connectivity index (χ1) is 15.6. The van der Waals surface area contributed by atoms with Crippen LogP contribution in [0.3, 0.4) is 0 Å². The molecule has 1 saturated heterocycles. The van der Waals surface area contributed by atoms with Gasteiger partial charge in [-0.15, -0.1) is 0 Å². The Kier molecular flexibility index (Phi) is 7.08. The van der Waals surface area contributed by atoms with Crippen molar-refractivity contribution in [3.63, 3.8) is 0 Å². The lowest BCUT2D eigenvalue weighted by atomic mass is 10.2. The molecule has 1 amide bonds. The van der Waals surface area contributed by atoms with Gasteiger partial charge in [0.05, 0.1) is 25.3 Å². The molecule has 0 bridgehead atoms. The van der Waals surface area contributed by atoms with E-state index in [1.54, 1.807) is 12.1 Å². The number of hydrogen-bond donors (Lipinski definition) is 1. The average molecular weight is 439 g/mol. The van der Waals surface area contributed by atoms with Gasteiger partial charge in [0, 0.05) is 31.9 Å². The lowest BCUT2D eigenvalue weighted by molar-refractivity contribution is -0.117. The predicted molar refractivity (Wildman–Crippen MR) is 118 cm³/mol. The number of amides is 1. The molecule has 1 aliphatic rings. The number of carbonyl (C=O) groups excluding carboxylic acids is 1. The van der Waals surface area contributed by atoms with Crippen LogP contribution in [-0.4, -0.2) is 65.2 Å². The number of carbonyl (C=O) groups is 1. The van der Waals surface area contributed by atoms with Crippen LogP contribution in [0.15, 0.2) is 53.1 Å². The van der Waals surface area contributed by atoms with Crippen LogP contribution in [-0.2, 0) is 11.3 Å². The van der Waals surface area contributed by atoms with Crippen molar-refractivity contribution in [1.29, 1.82) is 0 Å². The zero-order valence-corrected chi connectivity index (χ0v) is 18.0. The molecular weight excluding hydrogens is 413 g/mol. The second-order valence-corrected chi connectivity index (χ2v) is 7.55. The van der Waals surface area contributed by atoms with E-state index >= 15 is 0 Å². The highest BCUT2D eigenvalue weighted by Crippen LogP contribution is 2.27. The Bertz CT molecular complexity index is 1050. The van der Waals surface area contributed by atoms with Crippen molar-refractivity contribution in [3.8, 4) is 17.1 Å². The van der Waals surface area contributed by atoms with E-state index in [1.165, 1.54) is 12.1 Å². The van der Waals surface area contributed by atoms with Crippen LogP contribution in [0.5, 0.6) is 5.75 Å². The van der Waals surface area contributed by atoms with Crippen molar-refractivity contribution >= 4 is 11.6 Å². The normalized spacial score (nSPS) is 14.9. The molecule has 0 radical (unpaired) electrons. The highest BCUT2D eigenvalue weighted by molar-refractivity contribution is 5.92. The first kappa shape index (κ1) is 21.9. The highest BCUT2D eigenvalue weighted by atomic mass is 19.1. The molecule has 4 rings (SSSR count). The number of ether oxygens (including phenoxy) is 1. The molecular formula is C23H26FN5O3. The largest absolute Gasteiger partial charge is 0.493 e. The number of aromatic nitrogens is 2. The maximum atomic E-state index is 13.3. The van der Waals surface area contributed by atoms with Crippen LogP contribution >= 0.6 is 0 Å². The summed E-state index contributed by atoms with van der Waals surface area (Å²) in [7, 11) is 0. The summed E-state index contributed by atoms with van der Waals surface area (Å²) in [4.78, 5) is 21.1. The Labute approximate surface area is 186 Å². The molecule has 0 spiro atoms. The summed E-state index contributed by atoms with van der Waals surface area (Å²) in [6.07, 6.45) is 0. The van der Waals surface area contributed by atoms with Crippen LogP contribution in [0.1, 0.15) is 12.8 Å². The molecule has 2 heterocycles. The van der Waals surface area contributed by atoms with Crippen LogP contribution in [0.4, 0.5) is 10.1 Å². The van der Waals surface area contributed by atoms with Gasteiger partial charge in [0.15, 0.2) is 0 Å². The predicted octanol–water partition coefficient (Wildman–Crippen LogP) is 3.03. The number of rotatable bonds is 8. The Hall–Kier alpha value is -3.30. The van der Waals surface area contributed by atoms with E-state index in [-0.39, 0.29) is 18.3 Å². The number of benzene rings is 2. The van der Waals surface area contributed by atoms with Crippen molar-refractivity contribution in [2.75, 3.05) is 44.6 Å². The number of halogens is 1. The standard InChI is InChI=1S/C23H26FN5O3/c1-2-31-20-9-4-3-8-19(20)23-26-22(32-27-23)16-29-12-10-28(11-13-29)15-21(30)25-18-7-5-6-17(24)14-18/h3-9,14H,2,10-13,15-16H2,1H3,(H,25,30). The molecule has 1 fully saturated rings. The van der Waals surface area contributed by atoms with Crippen molar-refractivity contribution in [3.05, 3.63) is 60.2 Å². The maximum Gasteiger partial charge on any atom is 0.241 e. The molecule has 0 atom stereocenters. The lowest BCUT2D eigenvalue weighted by Gasteiger charge is -2.33. The van der Waals surface area contributed by atoms with Gasteiger partial charge in [-0.25, -0.2) is 4.39 Å². The fourth-order valence-corrected chi connectivity index (χ4v) is 3.63. The maximum absolute atomic E-state index is 13.3. The lowest BCUT2D eigenvalue weighted by Crippen LogP contribution is -2.48. The third-order valence-corrected chi connectivity index (χ3v) is 5.20. The zero-order valence-electron chi connectivity index (χ0n) is 18.0. The quantitative estimate of drug-likeness (QED) is 0.578. The zero-order chi connectivity index (χ0) is 22.3. The number of nitrogens with zero attached hydrogens (tertiary/aromatic N) is 4. The molecule has 1 N–H and O–H groups in total. The highest BCUT2D eigenvalue weighted by Gasteiger charge is 2.21. The van der Waals surface area contributed by atoms with Gasteiger partial charge in [0.1, 0.15) is 11.6 Å². The van der Waals surface area contributed by atoms with Crippen LogP contribution in [0.2, 0.25) is 0 Å². The van der Waals surface area contributed by atoms with E-state index < -0.39 is 0 Å². The van der Waals surface area contributed by atoms with E-state index in [2.05, 4.69) is 25.3 Å². The first-order valence-corrected chi connectivity index (χ1v) is 10.7. The van der Waals surface area contributed by atoms with Gasteiger partial charge in [0.2, 0.25) is 17.6 Å². The molecule has 168 valence electrons. The third-order valence-electron chi connectivity index (χ3n) is 5.20. The minimum absolute atomic E-state index is 0.154. The Morgan fingerprint density at radius 2 is 1.91 bits per heavy atom. The molecule has 0 unspecified atom stereocenters. The molecule has 32 heavy (non-hydrogen) atoms. The summed E-state index contributed by atoms with van der Waals surface area (Å²) >= 11 is 0. The number of nitrogens with one attached hydrogen (secondary N) is 1. The molecule has 0 saturated carbocycles. The van der Waals surface area contributed by atoms with E-state index in [0.29, 0.717) is 30.6 Å². The number of anilines is 1. The Morgan fingerprint density at radius 1 is 1.12 bits per heavy atom. The van der Waals surface area contributed by atoms with E-state index in [1.807, 2.05) is 31.2 Å². The summed E-state index contributed by atoms with van der Waals surface area (Å²) in [5.41, 5.74) is 1.27. The second-order valence-electron chi connectivity index (χ2n) is 7.55. The van der Waals surface area contributed by atoms with Crippen LogP contribution in [0.25, 0.3) is 11.4 Å². The monoisotopic (exact) mass is 439 g/mol. The van der Waals surface area contributed by atoms with Gasteiger partial charge >= 0.3 is 0 Å². The molecule has 0 aliphatic carbocycles. The number of para-hydroxylation sites is 1. The van der Waals surface area contributed by atoms with Crippen LogP contribution in [0, 0.1) is 5.82 Å². The third kappa shape index (κ3) is 5.68. The summed E-state index contributed by atoms with van der Waals surface area (Å²) < 4.78 is 24.4. The topological polar surface area (TPSA) is 83.7 Å². The molecule has 8 nitrogen and oxygen atoms in total. The Morgan fingerprint density at radius 3 is 2.69 bits per heavy atom. The summed E-state index contributed by atoms with van der Waals surface area (Å²) in [6, 6.07) is 13.5. The van der Waals surface area contributed by atoms with Crippen molar-refractivity contribution in [1.82, 2.24) is 19.9 Å². The first-order valence-electron chi connectivity index (χ1n) is 10.7. The minimum Gasteiger partial charge on any atom is -0.493 e. The fourth-order valence-electron chi connectivity index (χ4n) is 3.63. The van der Waals surface area contributed by atoms with Crippen LogP contribution < -0.4 is 10.1 Å². The summed E-state index contributed by atoms with van der Waals surface area (Å²) in [6.45, 7) is 6.35. The molecule has 2 aromatic carbocycles. The average Bonchev–Trinajstić information content (AvgIpc) is 3.24. The van der Waals surface area contributed by atoms with Crippen molar-refractivity contribution in [2.24, 2.45) is 0 Å². The van der Waals surface area contributed by atoms with Gasteiger partial charge in [-0.05, 0) is 37.3 Å². The number of hydrogen-bond acceptors (Lipinski definition) is 7. The van der Waals surface area contributed by atoms with Crippen molar-refractivity contribution < 1.29 is 18.4 Å². The summed E-state index contributed by atoms with van der Waals surface area (Å²) in [5, 5.41) is 6.85. The van der Waals surface area contributed by atoms with E-state index in [0.717, 1.165) is 37.5 Å². The minimum atomic E-state index is -0.373. The van der Waals surface area contributed by atoms with E-state index in [9.17, 15) is 9.18 Å². The van der Waals surface area contributed by atoms with Crippen molar-refractivity contribution in [2.45, 2.75) is 13.5 Å². The number of piperazine rings is 1. The van der Waals surface area contributed by atoms with Gasteiger partial charge in [-0.1, -0.05) is 23.4 Å². The van der Waals surface area contributed by atoms with Gasteiger partial charge < -0.3 is 14.6 Å².